The SMILES string of the molecule is OC(Cc1ccc(C2CCNCC2OCc2ccc3ccccc3c2)cc1)c1ccccc1. The molecular weight excluding hydrogens is 406 g/mol. The minimum absolute atomic E-state index is 0.144. The molecule has 4 aromatic rings. The van der Waals surface area contributed by atoms with Gasteiger partial charge in [-0.1, -0.05) is 91.0 Å². The minimum Gasteiger partial charge on any atom is -0.388 e. The predicted molar refractivity (Wildman–Crippen MR) is 134 cm³/mol. The van der Waals surface area contributed by atoms with E-state index in [1.54, 1.807) is 0 Å². The third kappa shape index (κ3) is 5.33. The summed E-state index contributed by atoms with van der Waals surface area (Å²) >= 11 is 0. The zero-order chi connectivity index (χ0) is 22.5. The van der Waals surface area contributed by atoms with Crippen molar-refractivity contribution in [2.24, 2.45) is 0 Å². The van der Waals surface area contributed by atoms with E-state index in [1.165, 1.54) is 21.9 Å². The molecule has 5 rings (SSSR count). The average molecular weight is 438 g/mol. The molecule has 0 radical (unpaired) electrons. The highest BCUT2D eigenvalue weighted by atomic mass is 16.5. The van der Waals surface area contributed by atoms with Gasteiger partial charge >= 0.3 is 0 Å². The topological polar surface area (TPSA) is 41.5 Å². The van der Waals surface area contributed by atoms with E-state index in [-0.39, 0.29) is 6.10 Å². The molecular formula is C30H31NO2. The highest BCUT2D eigenvalue weighted by molar-refractivity contribution is 5.82. The fraction of sp³-hybridized carbons (Fsp3) is 0.267. The first-order valence-corrected chi connectivity index (χ1v) is 11.9. The van der Waals surface area contributed by atoms with Crippen LogP contribution in [0.3, 0.4) is 0 Å². The molecule has 3 unspecified atom stereocenters. The van der Waals surface area contributed by atoms with Crippen LogP contribution < -0.4 is 5.32 Å². The molecule has 3 atom stereocenters. The van der Waals surface area contributed by atoms with Crippen LogP contribution in [0, 0.1) is 0 Å². The van der Waals surface area contributed by atoms with Gasteiger partial charge in [-0.05, 0) is 52.1 Å². The number of benzene rings is 4. The molecule has 3 heteroatoms. The lowest BCUT2D eigenvalue weighted by atomic mass is 9.87. The molecule has 0 spiro atoms. The van der Waals surface area contributed by atoms with Gasteiger partial charge < -0.3 is 15.2 Å². The fourth-order valence-corrected chi connectivity index (χ4v) is 4.84. The highest BCUT2D eigenvalue weighted by Crippen LogP contribution is 2.30. The summed E-state index contributed by atoms with van der Waals surface area (Å²) in [7, 11) is 0. The first-order chi connectivity index (χ1) is 16.3. The van der Waals surface area contributed by atoms with Crippen LogP contribution in [0.5, 0.6) is 0 Å². The Hall–Kier alpha value is -2.98. The van der Waals surface area contributed by atoms with Crippen molar-refractivity contribution in [3.05, 3.63) is 119 Å². The van der Waals surface area contributed by atoms with Crippen molar-refractivity contribution in [1.29, 1.82) is 0 Å². The molecule has 2 N–H and O–H groups in total. The quantitative estimate of drug-likeness (QED) is 0.385. The second kappa shape index (κ2) is 10.3. The summed E-state index contributed by atoms with van der Waals surface area (Å²) in [6, 6.07) is 33.6. The highest BCUT2D eigenvalue weighted by Gasteiger charge is 2.27. The molecule has 1 heterocycles. The van der Waals surface area contributed by atoms with E-state index in [2.05, 4.69) is 72.0 Å². The fourth-order valence-electron chi connectivity index (χ4n) is 4.84. The van der Waals surface area contributed by atoms with Crippen molar-refractivity contribution in [3.63, 3.8) is 0 Å². The van der Waals surface area contributed by atoms with E-state index in [1.807, 2.05) is 30.3 Å². The molecule has 3 nitrogen and oxygen atoms in total. The van der Waals surface area contributed by atoms with Gasteiger partial charge in [-0.25, -0.2) is 0 Å². The number of ether oxygens (including phenoxy) is 1. The van der Waals surface area contributed by atoms with Crippen LogP contribution in [0.1, 0.15) is 40.7 Å². The second-order valence-electron chi connectivity index (χ2n) is 9.00. The van der Waals surface area contributed by atoms with E-state index in [4.69, 9.17) is 4.74 Å². The molecule has 1 saturated heterocycles. The van der Waals surface area contributed by atoms with Crippen molar-refractivity contribution in [2.45, 2.75) is 37.6 Å². The Morgan fingerprint density at radius 2 is 1.55 bits per heavy atom. The number of aliphatic hydroxyl groups excluding tert-OH is 1. The lowest BCUT2D eigenvalue weighted by Crippen LogP contribution is -2.40. The predicted octanol–water partition coefficient (Wildman–Crippen LogP) is 5.78. The van der Waals surface area contributed by atoms with Crippen molar-refractivity contribution >= 4 is 10.8 Å². The number of fused-ring (bicyclic) bond motifs is 1. The monoisotopic (exact) mass is 437 g/mol. The van der Waals surface area contributed by atoms with E-state index in [0.717, 1.165) is 30.6 Å². The van der Waals surface area contributed by atoms with Gasteiger partial charge in [0.15, 0.2) is 0 Å². The van der Waals surface area contributed by atoms with E-state index >= 15 is 0 Å². The largest absolute Gasteiger partial charge is 0.388 e. The Bertz CT molecular complexity index is 1170. The molecule has 1 fully saturated rings. The van der Waals surface area contributed by atoms with Crippen molar-refractivity contribution in [1.82, 2.24) is 5.32 Å². The van der Waals surface area contributed by atoms with Crippen LogP contribution >= 0.6 is 0 Å². The standard InChI is InChI=1S/C30H31NO2/c32-29(26-7-2-1-3-8-26)19-22-10-14-25(15-11-22)28-16-17-31-20-30(28)33-21-23-12-13-24-6-4-5-9-27(24)18-23/h1-15,18,28-32H,16-17,19-21H2. The maximum absolute atomic E-state index is 10.6. The Kier molecular flexibility index (Phi) is 6.82. The lowest BCUT2D eigenvalue weighted by molar-refractivity contribution is 0.0106. The molecule has 4 aromatic carbocycles. The Balaban J connectivity index is 1.24. The minimum atomic E-state index is -0.478. The van der Waals surface area contributed by atoms with Crippen molar-refractivity contribution in [2.75, 3.05) is 13.1 Å². The van der Waals surface area contributed by atoms with Gasteiger partial charge in [0.05, 0.1) is 18.8 Å². The summed E-state index contributed by atoms with van der Waals surface area (Å²) in [5.41, 5.74) is 4.64. The average Bonchev–Trinajstić information content (AvgIpc) is 2.88. The van der Waals surface area contributed by atoms with Crippen LogP contribution in [-0.2, 0) is 17.8 Å². The molecule has 1 aliphatic heterocycles. The van der Waals surface area contributed by atoms with Crippen LogP contribution in [0.4, 0.5) is 0 Å². The van der Waals surface area contributed by atoms with Gasteiger partial charge in [0.2, 0.25) is 0 Å². The number of rotatable bonds is 7. The maximum atomic E-state index is 10.6. The zero-order valence-electron chi connectivity index (χ0n) is 18.9. The Morgan fingerprint density at radius 1 is 0.818 bits per heavy atom. The summed E-state index contributed by atoms with van der Waals surface area (Å²) < 4.78 is 6.44. The third-order valence-electron chi connectivity index (χ3n) is 6.73. The second-order valence-corrected chi connectivity index (χ2v) is 9.00. The van der Waals surface area contributed by atoms with E-state index < -0.39 is 6.10 Å². The Morgan fingerprint density at radius 3 is 2.36 bits per heavy atom. The normalized spacial score (nSPS) is 19.4. The number of piperidine rings is 1. The summed E-state index contributed by atoms with van der Waals surface area (Å²) in [6.45, 7) is 2.50. The molecule has 168 valence electrons. The lowest BCUT2D eigenvalue weighted by Gasteiger charge is -2.32. The van der Waals surface area contributed by atoms with Gasteiger partial charge in [0.25, 0.3) is 0 Å². The van der Waals surface area contributed by atoms with Gasteiger partial charge in [-0.3, -0.25) is 0 Å². The summed E-state index contributed by atoms with van der Waals surface area (Å²) in [5.74, 6) is 0.375. The van der Waals surface area contributed by atoms with Gasteiger partial charge in [-0.15, -0.1) is 0 Å². The van der Waals surface area contributed by atoms with Crippen LogP contribution in [-0.4, -0.2) is 24.3 Å². The van der Waals surface area contributed by atoms with Gasteiger partial charge in [0, 0.05) is 18.9 Å². The summed E-state index contributed by atoms with van der Waals surface area (Å²) in [6.07, 6.45) is 1.35. The molecule has 0 amide bonds. The number of aliphatic hydroxyl groups is 1. The summed E-state index contributed by atoms with van der Waals surface area (Å²) in [5, 5.41) is 16.6. The third-order valence-corrected chi connectivity index (χ3v) is 6.73. The number of nitrogens with one attached hydrogen (secondary N) is 1. The maximum Gasteiger partial charge on any atom is 0.0830 e. The molecule has 33 heavy (non-hydrogen) atoms. The molecule has 0 aliphatic carbocycles. The van der Waals surface area contributed by atoms with Crippen LogP contribution in [0.15, 0.2) is 97.1 Å². The van der Waals surface area contributed by atoms with Crippen molar-refractivity contribution < 1.29 is 9.84 Å². The van der Waals surface area contributed by atoms with E-state index in [9.17, 15) is 5.11 Å². The molecule has 0 bridgehead atoms. The molecule has 0 aromatic heterocycles. The first-order valence-electron chi connectivity index (χ1n) is 11.9. The number of hydrogen-bond acceptors (Lipinski definition) is 3. The smallest absolute Gasteiger partial charge is 0.0830 e. The zero-order valence-corrected chi connectivity index (χ0v) is 18.9. The summed E-state index contributed by atoms with van der Waals surface area (Å²) in [4.78, 5) is 0. The Labute approximate surface area is 196 Å². The van der Waals surface area contributed by atoms with E-state index in [0.29, 0.717) is 18.9 Å². The van der Waals surface area contributed by atoms with Crippen LogP contribution in [0.25, 0.3) is 10.8 Å². The first kappa shape index (κ1) is 21.8. The molecule has 0 saturated carbocycles. The number of hydrogen-bond donors (Lipinski definition) is 2. The van der Waals surface area contributed by atoms with Gasteiger partial charge in [-0.2, -0.15) is 0 Å². The van der Waals surface area contributed by atoms with Gasteiger partial charge in [0.1, 0.15) is 0 Å². The van der Waals surface area contributed by atoms with Crippen LogP contribution in [0.2, 0.25) is 0 Å². The molecule has 1 aliphatic rings. The van der Waals surface area contributed by atoms with Crippen molar-refractivity contribution in [3.8, 4) is 0 Å².